The standard InChI is InChI=1S/C16H26N4O.ClH/c1-11-15(12(2)19(3)18-11)16(21)20-8-6-14(7-9-20)17-10-13-4-5-13;/h13-14,17H,4-10H2,1-3H3;1H. The highest BCUT2D eigenvalue weighted by atomic mass is 35.5. The number of nitrogens with one attached hydrogen (secondary N) is 1. The molecule has 2 fully saturated rings. The van der Waals surface area contributed by atoms with Crippen LogP contribution in [0.2, 0.25) is 0 Å². The fraction of sp³-hybridized carbons (Fsp3) is 0.750. The zero-order chi connectivity index (χ0) is 15.0. The average molecular weight is 327 g/mol. The Labute approximate surface area is 138 Å². The number of aromatic nitrogens is 2. The molecule has 0 radical (unpaired) electrons. The van der Waals surface area contributed by atoms with Gasteiger partial charge in [0.15, 0.2) is 0 Å². The SMILES string of the molecule is Cc1nn(C)c(C)c1C(=O)N1CCC(NCC2CC2)CC1.Cl. The summed E-state index contributed by atoms with van der Waals surface area (Å²) < 4.78 is 1.80. The third kappa shape index (κ3) is 3.63. The third-order valence-electron chi connectivity index (χ3n) is 4.90. The summed E-state index contributed by atoms with van der Waals surface area (Å²) in [6, 6.07) is 0.589. The van der Waals surface area contributed by atoms with Gasteiger partial charge < -0.3 is 10.2 Å². The molecular weight excluding hydrogens is 300 g/mol. The van der Waals surface area contributed by atoms with Gasteiger partial charge in [-0.3, -0.25) is 9.48 Å². The minimum Gasteiger partial charge on any atom is -0.338 e. The zero-order valence-corrected chi connectivity index (χ0v) is 14.6. The lowest BCUT2D eigenvalue weighted by Gasteiger charge is -2.32. The molecule has 1 saturated heterocycles. The highest BCUT2D eigenvalue weighted by Crippen LogP contribution is 2.28. The Hall–Kier alpha value is -1.07. The first-order valence-corrected chi connectivity index (χ1v) is 8.09. The van der Waals surface area contributed by atoms with Crippen molar-refractivity contribution < 1.29 is 4.79 Å². The van der Waals surface area contributed by atoms with Gasteiger partial charge in [0.2, 0.25) is 0 Å². The van der Waals surface area contributed by atoms with Gasteiger partial charge in [-0.15, -0.1) is 12.4 Å². The molecule has 1 N–H and O–H groups in total. The number of likely N-dealkylation sites (tertiary alicyclic amines) is 1. The predicted molar refractivity (Wildman–Crippen MR) is 89.6 cm³/mol. The van der Waals surface area contributed by atoms with Crippen molar-refractivity contribution in [3.05, 3.63) is 17.0 Å². The van der Waals surface area contributed by atoms with Gasteiger partial charge in [0.25, 0.3) is 5.91 Å². The van der Waals surface area contributed by atoms with Gasteiger partial charge >= 0.3 is 0 Å². The van der Waals surface area contributed by atoms with Crippen LogP contribution in [0.5, 0.6) is 0 Å². The summed E-state index contributed by atoms with van der Waals surface area (Å²) in [5, 5.41) is 8.01. The van der Waals surface area contributed by atoms with Crippen molar-refractivity contribution in [2.45, 2.75) is 45.6 Å². The average Bonchev–Trinajstić information content (AvgIpc) is 3.25. The molecule has 0 aromatic carbocycles. The second kappa shape index (κ2) is 7.01. The van der Waals surface area contributed by atoms with Crippen molar-refractivity contribution in [1.82, 2.24) is 20.0 Å². The number of nitrogens with zero attached hydrogens (tertiary/aromatic N) is 3. The van der Waals surface area contributed by atoms with Gasteiger partial charge in [-0.25, -0.2) is 0 Å². The fourth-order valence-corrected chi connectivity index (χ4v) is 3.18. The summed E-state index contributed by atoms with van der Waals surface area (Å²) in [6.07, 6.45) is 4.92. The lowest BCUT2D eigenvalue weighted by atomic mass is 10.0. The molecule has 1 aliphatic carbocycles. The molecule has 1 aromatic rings. The summed E-state index contributed by atoms with van der Waals surface area (Å²) >= 11 is 0. The number of hydrogen-bond donors (Lipinski definition) is 1. The van der Waals surface area contributed by atoms with E-state index in [4.69, 9.17) is 0 Å². The Kier molecular flexibility index (Phi) is 5.50. The quantitative estimate of drug-likeness (QED) is 0.921. The number of carbonyl (C=O) groups is 1. The Morgan fingerprint density at radius 2 is 1.86 bits per heavy atom. The molecule has 6 heteroatoms. The fourth-order valence-electron chi connectivity index (χ4n) is 3.18. The maximum Gasteiger partial charge on any atom is 0.257 e. The van der Waals surface area contributed by atoms with Gasteiger partial charge in [-0.05, 0) is 52.0 Å². The highest BCUT2D eigenvalue weighted by Gasteiger charge is 2.28. The summed E-state index contributed by atoms with van der Waals surface area (Å²) in [6.45, 7) is 6.77. The minimum absolute atomic E-state index is 0. The number of hydrogen-bond acceptors (Lipinski definition) is 3. The molecule has 1 aliphatic heterocycles. The van der Waals surface area contributed by atoms with Crippen LogP contribution in [-0.4, -0.2) is 46.3 Å². The first-order valence-electron chi connectivity index (χ1n) is 8.09. The van der Waals surface area contributed by atoms with Crippen LogP contribution in [0.4, 0.5) is 0 Å². The zero-order valence-electron chi connectivity index (χ0n) is 13.8. The maximum absolute atomic E-state index is 12.7. The molecule has 22 heavy (non-hydrogen) atoms. The molecule has 2 heterocycles. The Morgan fingerprint density at radius 1 is 1.23 bits per heavy atom. The van der Waals surface area contributed by atoms with Crippen molar-refractivity contribution in [1.29, 1.82) is 0 Å². The lowest BCUT2D eigenvalue weighted by molar-refractivity contribution is 0.0703. The Bertz CT molecular complexity index is 530. The van der Waals surface area contributed by atoms with Crippen molar-refractivity contribution in [3.8, 4) is 0 Å². The summed E-state index contributed by atoms with van der Waals surface area (Å²) in [5.74, 6) is 1.07. The van der Waals surface area contributed by atoms with Crippen LogP contribution >= 0.6 is 12.4 Å². The van der Waals surface area contributed by atoms with Gasteiger partial charge in [0.1, 0.15) is 0 Å². The molecule has 0 bridgehead atoms. The monoisotopic (exact) mass is 326 g/mol. The highest BCUT2D eigenvalue weighted by molar-refractivity contribution is 5.96. The van der Waals surface area contributed by atoms with E-state index in [9.17, 15) is 4.79 Å². The van der Waals surface area contributed by atoms with Crippen molar-refractivity contribution in [2.75, 3.05) is 19.6 Å². The third-order valence-corrected chi connectivity index (χ3v) is 4.90. The van der Waals surface area contributed by atoms with Gasteiger partial charge in [0, 0.05) is 31.9 Å². The van der Waals surface area contributed by atoms with E-state index < -0.39 is 0 Å². The molecule has 0 unspecified atom stereocenters. The topological polar surface area (TPSA) is 50.2 Å². The summed E-state index contributed by atoms with van der Waals surface area (Å²) in [7, 11) is 1.90. The van der Waals surface area contributed by atoms with Crippen molar-refractivity contribution in [3.63, 3.8) is 0 Å². The van der Waals surface area contributed by atoms with Crippen molar-refractivity contribution >= 4 is 18.3 Å². The molecule has 3 rings (SSSR count). The van der Waals surface area contributed by atoms with Crippen molar-refractivity contribution in [2.24, 2.45) is 13.0 Å². The number of halogens is 1. The van der Waals surface area contributed by atoms with Crippen LogP contribution in [0.25, 0.3) is 0 Å². The number of carbonyl (C=O) groups excluding carboxylic acids is 1. The molecule has 0 spiro atoms. The van der Waals surface area contributed by atoms with E-state index in [-0.39, 0.29) is 18.3 Å². The molecule has 1 saturated carbocycles. The number of aryl methyl sites for hydroxylation is 2. The summed E-state index contributed by atoms with van der Waals surface area (Å²) in [4.78, 5) is 14.7. The maximum atomic E-state index is 12.7. The van der Waals surface area contributed by atoms with E-state index >= 15 is 0 Å². The van der Waals surface area contributed by atoms with E-state index in [1.54, 1.807) is 4.68 Å². The Balaban J connectivity index is 0.00000176. The largest absolute Gasteiger partial charge is 0.338 e. The van der Waals surface area contributed by atoms with E-state index in [2.05, 4.69) is 10.4 Å². The molecular formula is C16H27ClN4O. The molecule has 0 atom stereocenters. The second-order valence-electron chi connectivity index (χ2n) is 6.59. The minimum atomic E-state index is 0. The van der Waals surface area contributed by atoms with Gasteiger partial charge in [-0.1, -0.05) is 0 Å². The molecule has 124 valence electrons. The number of amides is 1. The molecule has 5 nitrogen and oxygen atoms in total. The van der Waals surface area contributed by atoms with Crippen LogP contribution in [0.3, 0.4) is 0 Å². The van der Waals surface area contributed by atoms with Gasteiger partial charge in [0.05, 0.1) is 11.3 Å². The Morgan fingerprint density at radius 3 is 2.36 bits per heavy atom. The first-order chi connectivity index (χ1) is 10.1. The lowest BCUT2D eigenvalue weighted by Crippen LogP contribution is -2.45. The van der Waals surface area contributed by atoms with E-state index in [1.165, 1.54) is 19.4 Å². The van der Waals surface area contributed by atoms with Crippen LogP contribution < -0.4 is 5.32 Å². The molecule has 1 amide bonds. The van der Waals surface area contributed by atoms with Crippen LogP contribution in [0, 0.1) is 19.8 Å². The predicted octanol–water partition coefficient (Wildman–Crippen LogP) is 2.06. The van der Waals surface area contributed by atoms with Crippen LogP contribution in [-0.2, 0) is 7.05 Å². The van der Waals surface area contributed by atoms with E-state index in [0.717, 1.165) is 48.8 Å². The van der Waals surface area contributed by atoms with E-state index in [0.29, 0.717) is 6.04 Å². The number of rotatable bonds is 4. The number of piperidine rings is 1. The van der Waals surface area contributed by atoms with E-state index in [1.807, 2.05) is 25.8 Å². The van der Waals surface area contributed by atoms with Crippen LogP contribution in [0.15, 0.2) is 0 Å². The normalized spacial score (nSPS) is 19.1. The second-order valence-corrected chi connectivity index (χ2v) is 6.59. The molecule has 2 aliphatic rings. The van der Waals surface area contributed by atoms with Crippen LogP contribution in [0.1, 0.15) is 47.4 Å². The van der Waals surface area contributed by atoms with Gasteiger partial charge in [-0.2, -0.15) is 5.10 Å². The smallest absolute Gasteiger partial charge is 0.257 e. The summed E-state index contributed by atoms with van der Waals surface area (Å²) in [5.41, 5.74) is 2.60. The first kappa shape index (κ1) is 17.3. The molecule has 1 aromatic heterocycles.